The summed E-state index contributed by atoms with van der Waals surface area (Å²) in [4.78, 5) is 21.9. The highest BCUT2D eigenvalue weighted by Crippen LogP contribution is 2.35. The Morgan fingerprint density at radius 2 is 2.04 bits per heavy atom. The maximum atomic E-state index is 11.9. The van der Waals surface area contributed by atoms with Crippen LogP contribution < -0.4 is 5.32 Å². The molecular weight excluding hydrogens is 344 g/mol. The van der Waals surface area contributed by atoms with Crippen LogP contribution in [0.4, 0.5) is 0 Å². The lowest BCUT2D eigenvalue weighted by atomic mass is 9.92. The third-order valence-electron chi connectivity index (χ3n) is 4.54. The largest absolute Gasteiger partial charge is 0.354 e. The van der Waals surface area contributed by atoms with Crippen LogP contribution in [-0.4, -0.2) is 28.6 Å². The molecule has 0 fully saturated rings. The normalized spacial score (nSPS) is 11.9. The predicted octanol–water partition coefficient (Wildman–Crippen LogP) is 4.97. The van der Waals surface area contributed by atoms with E-state index in [4.69, 9.17) is 10.4 Å². The summed E-state index contributed by atoms with van der Waals surface area (Å²) in [5, 5.41) is 10.6. The van der Waals surface area contributed by atoms with E-state index < -0.39 is 0 Å². The van der Waals surface area contributed by atoms with Gasteiger partial charge in [0.25, 0.3) is 5.91 Å². The molecular formula is C20H28N4OS. The maximum Gasteiger partial charge on any atom is 0.261 e. The lowest BCUT2D eigenvalue weighted by Gasteiger charge is -2.15. The number of nitrogens with zero attached hydrogens (tertiary/aromatic N) is 1. The number of allylic oxidation sites excluding steroid dienone is 2. The molecule has 0 unspecified atom stereocenters. The number of nitrogens with one attached hydrogen (secondary N) is 3. The minimum atomic E-state index is -0.0743. The first-order valence-electron chi connectivity index (χ1n) is 8.98. The molecule has 0 bridgehead atoms. The Labute approximate surface area is 159 Å². The first-order valence-corrected chi connectivity index (χ1v) is 9.80. The monoisotopic (exact) mass is 372 g/mol. The van der Waals surface area contributed by atoms with E-state index in [0.717, 1.165) is 46.1 Å². The number of aromatic nitrogens is 2. The van der Waals surface area contributed by atoms with E-state index in [1.807, 2.05) is 26.0 Å². The Morgan fingerprint density at radius 1 is 1.38 bits per heavy atom. The lowest BCUT2D eigenvalue weighted by molar-refractivity contribution is 0.0967. The Balaban J connectivity index is 2.53. The maximum absolute atomic E-state index is 11.9. The topological polar surface area (TPSA) is 81.6 Å². The van der Waals surface area contributed by atoms with E-state index in [2.05, 4.69) is 24.1 Å². The molecule has 0 aliphatic rings. The highest BCUT2D eigenvalue weighted by atomic mass is 32.1. The number of amides is 1. The van der Waals surface area contributed by atoms with Crippen LogP contribution in [0.2, 0.25) is 0 Å². The van der Waals surface area contributed by atoms with E-state index in [0.29, 0.717) is 16.5 Å². The number of hydrogen-bond donors (Lipinski definition) is 3. The molecule has 3 N–H and O–H groups in total. The van der Waals surface area contributed by atoms with Crippen LogP contribution in [-0.2, 0) is 0 Å². The van der Waals surface area contributed by atoms with Crippen LogP contribution in [0.3, 0.4) is 0 Å². The van der Waals surface area contributed by atoms with Crippen molar-refractivity contribution in [3.05, 3.63) is 34.1 Å². The molecule has 2 rings (SSSR count). The minimum absolute atomic E-state index is 0.0743. The van der Waals surface area contributed by atoms with Gasteiger partial charge in [-0.15, -0.1) is 11.3 Å². The SMILES string of the molecule is CCC(CC)/C(=C/C(C)=N)c1nc(-c2sc(C(=O)NC)cc2C)c(C)[nH]1. The molecule has 1 amide bonds. The van der Waals surface area contributed by atoms with Crippen molar-refractivity contribution in [3.8, 4) is 10.6 Å². The van der Waals surface area contributed by atoms with Gasteiger partial charge in [-0.2, -0.15) is 0 Å². The number of aromatic amines is 1. The smallest absolute Gasteiger partial charge is 0.261 e. The van der Waals surface area contributed by atoms with Crippen LogP contribution in [0.25, 0.3) is 16.1 Å². The van der Waals surface area contributed by atoms with Crippen molar-refractivity contribution in [2.75, 3.05) is 7.05 Å². The fourth-order valence-electron chi connectivity index (χ4n) is 3.11. The number of carbonyl (C=O) groups is 1. The average molecular weight is 373 g/mol. The van der Waals surface area contributed by atoms with Crippen LogP contribution in [0, 0.1) is 25.2 Å². The van der Waals surface area contributed by atoms with Crippen LogP contribution in [0.15, 0.2) is 12.1 Å². The second-order valence-electron chi connectivity index (χ2n) is 6.56. The summed E-state index contributed by atoms with van der Waals surface area (Å²) in [7, 11) is 1.64. The molecule has 0 aliphatic carbocycles. The van der Waals surface area contributed by atoms with Crippen molar-refractivity contribution in [2.24, 2.45) is 5.92 Å². The number of imidazole rings is 1. The lowest BCUT2D eigenvalue weighted by Crippen LogP contribution is -2.16. The van der Waals surface area contributed by atoms with Gasteiger partial charge in [-0.25, -0.2) is 4.98 Å². The second-order valence-corrected chi connectivity index (χ2v) is 7.61. The molecule has 0 spiro atoms. The molecule has 140 valence electrons. The molecule has 0 saturated heterocycles. The van der Waals surface area contributed by atoms with Gasteiger partial charge in [0.05, 0.1) is 9.75 Å². The summed E-state index contributed by atoms with van der Waals surface area (Å²) in [5.74, 6) is 1.11. The predicted molar refractivity (Wildman–Crippen MR) is 110 cm³/mol. The molecule has 6 heteroatoms. The molecule has 5 nitrogen and oxygen atoms in total. The zero-order valence-corrected chi connectivity index (χ0v) is 17.2. The van der Waals surface area contributed by atoms with Gasteiger partial charge in [-0.05, 0) is 62.8 Å². The highest BCUT2D eigenvalue weighted by Gasteiger charge is 2.21. The van der Waals surface area contributed by atoms with Crippen molar-refractivity contribution in [2.45, 2.75) is 47.5 Å². The number of thiophene rings is 1. The van der Waals surface area contributed by atoms with Gasteiger partial charge in [0.1, 0.15) is 11.5 Å². The molecule has 2 heterocycles. The highest BCUT2D eigenvalue weighted by molar-refractivity contribution is 7.17. The molecule has 2 aromatic heterocycles. The fraction of sp³-hybridized carbons (Fsp3) is 0.450. The average Bonchev–Trinajstić information content (AvgIpc) is 3.16. The van der Waals surface area contributed by atoms with E-state index >= 15 is 0 Å². The van der Waals surface area contributed by atoms with Crippen molar-refractivity contribution in [3.63, 3.8) is 0 Å². The Kier molecular flexibility index (Phi) is 6.53. The number of rotatable bonds is 7. The summed E-state index contributed by atoms with van der Waals surface area (Å²) >= 11 is 1.46. The van der Waals surface area contributed by atoms with Crippen molar-refractivity contribution < 1.29 is 4.79 Å². The van der Waals surface area contributed by atoms with Crippen molar-refractivity contribution in [1.29, 1.82) is 5.41 Å². The third kappa shape index (κ3) is 4.12. The fourth-order valence-corrected chi connectivity index (χ4v) is 4.28. The zero-order valence-electron chi connectivity index (χ0n) is 16.4. The van der Waals surface area contributed by atoms with Crippen LogP contribution >= 0.6 is 11.3 Å². The Morgan fingerprint density at radius 3 is 2.58 bits per heavy atom. The van der Waals surface area contributed by atoms with Gasteiger partial charge in [-0.3, -0.25) is 4.79 Å². The van der Waals surface area contributed by atoms with Crippen LogP contribution in [0.1, 0.15) is 60.4 Å². The summed E-state index contributed by atoms with van der Waals surface area (Å²) < 4.78 is 0. The van der Waals surface area contributed by atoms with Crippen LogP contribution in [0.5, 0.6) is 0 Å². The number of carbonyl (C=O) groups excluding carboxylic acids is 1. The van der Waals surface area contributed by atoms with Gasteiger partial charge in [0, 0.05) is 18.5 Å². The number of H-pyrrole nitrogens is 1. The Hall–Kier alpha value is -2.21. The van der Waals surface area contributed by atoms with Gasteiger partial charge >= 0.3 is 0 Å². The molecule has 2 aromatic rings. The summed E-state index contributed by atoms with van der Waals surface area (Å²) in [6, 6.07) is 1.91. The molecule has 0 aliphatic heterocycles. The van der Waals surface area contributed by atoms with E-state index in [-0.39, 0.29) is 5.91 Å². The van der Waals surface area contributed by atoms with Gasteiger partial charge in [0.2, 0.25) is 0 Å². The zero-order chi connectivity index (χ0) is 19.4. The van der Waals surface area contributed by atoms with E-state index in [1.165, 1.54) is 11.3 Å². The molecule has 26 heavy (non-hydrogen) atoms. The molecule has 0 atom stereocenters. The van der Waals surface area contributed by atoms with E-state index in [1.54, 1.807) is 14.0 Å². The number of aryl methyl sites for hydroxylation is 2. The summed E-state index contributed by atoms with van der Waals surface area (Å²) in [6.45, 7) is 10.1. The van der Waals surface area contributed by atoms with E-state index in [9.17, 15) is 4.79 Å². The summed E-state index contributed by atoms with van der Waals surface area (Å²) in [5.41, 5.74) is 4.52. The quantitative estimate of drug-likeness (QED) is 0.599. The van der Waals surface area contributed by atoms with Crippen molar-refractivity contribution in [1.82, 2.24) is 15.3 Å². The number of hydrogen-bond acceptors (Lipinski definition) is 4. The van der Waals surface area contributed by atoms with Crippen molar-refractivity contribution >= 4 is 28.5 Å². The first-order chi connectivity index (χ1) is 12.3. The Bertz CT molecular complexity index is 840. The molecule has 0 saturated carbocycles. The molecule has 0 radical (unpaired) electrons. The first kappa shape index (κ1) is 20.1. The second kappa shape index (κ2) is 8.45. The van der Waals surface area contributed by atoms with Gasteiger partial charge < -0.3 is 15.7 Å². The minimum Gasteiger partial charge on any atom is -0.354 e. The summed E-state index contributed by atoms with van der Waals surface area (Å²) in [6.07, 6.45) is 3.92. The van der Waals surface area contributed by atoms with Gasteiger partial charge in [0.15, 0.2) is 0 Å². The standard InChI is InChI=1S/C20H28N4OS/c1-7-14(8-2)15(10-12(4)21)19-23-13(5)17(24-19)18-11(3)9-16(26-18)20(25)22-6/h9-10,14,21H,7-8H2,1-6H3,(H,22,25)(H,23,24)/b15-10-,21-12?. The van der Waals surface area contributed by atoms with Gasteiger partial charge in [-0.1, -0.05) is 13.8 Å². The molecule has 0 aromatic carbocycles. The third-order valence-corrected chi connectivity index (χ3v) is 5.78.